The Morgan fingerprint density at radius 1 is 1.07 bits per heavy atom. The summed E-state index contributed by atoms with van der Waals surface area (Å²) >= 11 is 0. The van der Waals surface area contributed by atoms with Crippen LogP contribution in [0.2, 0.25) is 0 Å². The van der Waals surface area contributed by atoms with Crippen molar-refractivity contribution in [3.8, 4) is 11.5 Å². The molecule has 1 aliphatic rings. The second-order valence-corrected chi connectivity index (χ2v) is 7.70. The lowest BCUT2D eigenvalue weighted by Gasteiger charge is -2.27. The van der Waals surface area contributed by atoms with Gasteiger partial charge in [0.25, 0.3) is 0 Å². The van der Waals surface area contributed by atoms with Gasteiger partial charge in [-0.05, 0) is 41.8 Å². The zero-order valence-electron chi connectivity index (χ0n) is 16.5. The smallest absolute Gasteiger partial charge is 0.119 e. The molecule has 2 aromatic carbocycles. The number of ether oxygens (including phenoxy) is 3. The van der Waals surface area contributed by atoms with Crippen LogP contribution in [0.15, 0.2) is 48.5 Å². The van der Waals surface area contributed by atoms with E-state index in [9.17, 15) is 5.11 Å². The first-order chi connectivity index (χ1) is 13.0. The Morgan fingerprint density at radius 3 is 2.22 bits per heavy atom. The van der Waals surface area contributed by atoms with Crippen LogP contribution in [0.1, 0.15) is 44.7 Å². The third-order valence-corrected chi connectivity index (χ3v) is 5.01. The van der Waals surface area contributed by atoms with Crippen LogP contribution >= 0.6 is 0 Å². The predicted octanol–water partition coefficient (Wildman–Crippen LogP) is 4.33. The molecule has 0 spiro atoms. The molecule has 2 atom stereocenters. The van der Waals surface area contributed by atoms with Crippen molar-refractivity contribution in [3.63, 3.8) is 0 Å². The van der Waals surface area contributed by atoms with Crippen LogP contribution in [-0.2, 0) is 10.2 Å². The monoisotopic (exact) mass is 370 g/mol. The van der Waals surface area contributed by atoms with E-state index in [4.69, 9.17) is 14.2 Å². The summed E-state index contributed by atoms with van der Waals surface area (Å²) in [5, 5.41) is 9.89. The lowest BCUT2D eigenvalue weighted by molar-refractivity contribution is 0.0993. The molecule has 1 aliphatic heterocycles. The summed E-state index contributed by atoms with van der Waals surface area (Å²) in [4.78, 5) is 0. The van der Waals surface area contributed by atoms with Gasteiger partial charge in [-0.15, -0.1) is 0 Å². The van der Waals surface area contributed by atoms with Gasteiger partial charge in [0.15, 0.2) is 0 Å². The number of hydrogen-bond acceptors (Lipinski definition) is 4. The molecular weight excluding hydrogens is 340 g/mol. The Kier molecular flexibility index (Phi) is 6.40. The predicted molar refractivity (Wildman–Crippen MR) is 107 cm³/mol. The number of aliphatic hydroxyl groups is 1. The van der Waals surface area contributed by atoms with Crippen molar-refractivity contribution in [2.45, 2.75) is 51.2 Å². The highest BCUT2D eigenvalue weighted by Crippen LogP contribution is 2.35. The first-order valence-electron chi connectivity index (χ1n) is 9.75. The van der Waals surface area contributed by atoms with Crippen LogP contribution in [-0.4, -0.2) is 37.1 Å². The van der Waals surface area contributed by atoms with E-state index in [-0.39, 0.29) is 11.5 Å². The highest BCUT2D eigenvalue weighted by Gasteiger charge is 2.25. The molecule has 1 saturated heterocycles. The van der Waals surface area contributed by atoms with Crippen molar-refractivity contribution in [3.05, 3.63) is 59.7 Å². The maximum Gasteiger partial charge on any atom is 0.119 e. The molecule has 0 aromatic heterocycles. The van der Waals surface area contributed by atoms with Crippen molar-refractivity contribution in [2.75, 3.05) is 19.8 Å². The first-order valence-corrected chi connectivity index (χ1v) is 9.75. The topological polar surface area (TPSA) is 51.2 Å². The number of hydrogen-bond donors (Lipinski definition) is 1. The fourth-order valence-electron chi connectivity index (χ4n) is 3.08. The molecule has 0 bridgehead atoms. The molecule has 4 heteroatoms. The summed E-state index contributed by atoms with van der Waals surface area (Å²) in [6.45, 7) is 8.17. The lowest BCUT2D eigenvalue weighted by Crippen LogP contribution is -2.20. The highest BCUT2D eigenvalue weighted by atomic mass is 16.6. The third kappa shape index (κ3) is 5.47. The molecule has 0 aliphatic carbocycles. The molecule has 146 valence electrons. The fourth-order valence-corrected chi connectivity index (χ4v) is 3.08. The van der Waals surface area contributed by atoms with Gasteiger partial charge < -0.3 is 19.3 Å². The van der Waals surface area contributed by atoms with Crippen LogP contribution in [0, 0.1) is 0 Å². The molecule has 1 fully saturated rings. The van der Waals surface area contributed by atoms with Crippen molar-refractivity contribution in [2.24, 2.45) is 0 Å². The molecule has 27 heavy (non-hydrogen) atoms. The summed E-state index contributed by atoms with van der Waals surface area (Å²) in [5.41, 5.74) is 2.14. The van der Waals surface area contributed by atoms with Crippen LogP contribution in [0.25, 0.3) is 0 Å². The minimum Gasteiger partial charge on any atom is -0.491 e. The van der Waals surface area contributed by atoms with Gasteiger partial charge in [0, 0.05) is 5.41 Å². The normalized spacial score (nSPS) is 17.4. The van der Waals surface area contributed by atoms with E-state index >= 15 is 0 Å². The molecular formula is C23H30O4. The van der Waals surface area contributed by atoms with E-state index in [1.807, 2.05) is 24.3 Å². The van der Waals surface area contributed by atoms with E-state index in [1.54, 1.807) is 0 Å². The van der Waals surface area contributed by atoms with Crippen molar-refractivity contribution in [1.82, 2.24) is 0 Å². The number of epoxide rings is 1. The number of benzene rings is 2. The Morgan fingerprint density at radius 2 is 1.67 bits per heavy atom. The zero-order chi connectivity index (χ0) is 19.3. The van der Waals surface area contributed by atoms with E-state index in [0.717, 1.165) is 36.5 Å². The Balaban J connectivity index is 1.71. The minimum absolute atomic E-state index is 0.198. The first kappa shape index (κ1) is 19.7. The highest BCUT2D eigenvalue weighted by molar-refractivity contribution is 5.43. The largest absolute Gasteiger partial charge is 0.491 e. The summed E-state index contributed by atoms with van der Waals surface area (Å²) in [7, 11) is 0. The molecule has 0 saturated carbocycles. The molecule has 2 aromatic rings. The molecule has 1 heterocycles. The minimum atomic E-state index is -0.420. The van der Waals surface area contributed by atoms with Gasteiger partial charge in [0.2, 0.25) is 0 Å². The Bertz CT molecular complexity index is 737. The van der Waals surface area contributed by atoms with Crippen LogP contribution in [0.3, 0.4) is 0 Å². The molecule has 4 nitrogen and oxygen atoms in total. The molecule has 3 rings (SSSR count). The van der Waals surface area contributed by atoms with Gasteiger partial charge in [0.1, 0.15) is 30.8 Å². The lowest BCUT2D eigenvalue weighted by atomic mass is 9.78. The third-order valence-electron chi connectivity index (χ3n) is 5.01. The van der Waals surface area contributed by atoms with Gasteiger partial charge in [-0.25, -0.2) is 0 Å². The Hall–Kier alpha value is -2.04. The molecule has 0 radical (unpaired) electrons. The average molecular weight is 370 g/mol. The Labute approximate surface area is 162 Å². The van der Waals surface area contributed by atoms with Crippen molar-refractivity contribution >= 4 is 0 Å². The van der Waals surface area contributed by atoms with Crippen LogP contribution in [0.4, 0.5) is 0 Å². The summed E-state index contributed by atoms with van der Waals surface area (Å²) < 4.78 is 16.8. The standard InChI is InChI=1S/C23H30O4/c1-4-7-19(24)14-25-20-10-5-8-17(12-20)23(2,3)18-9-6-11-21(13-18)26-15-22-16-27-22/h5-6,8-13,19,22,24H,4,7,14-16H2,1-3H3. The second-order valence-electron chi connectivity index (χ2n) is 7.70. The number of aliphatic hydroxyl groups excluding tert-OH is 1. The molecule has 0 amide bonds. The summed E-state index contributed by atoms with van der Waals surface area (Å²) in [6.07, 6.45) is 1.53. The van der Waals surface area contributed by atoms with Crippen molar-refractivity contribution in [1.29, 1.82) is 0 Å². The van der Waals surface area contributed by atoms with Gasteiger partial charge >= 0.3 is 0 Å². The van der Waals surface area contributed by atoms with Gasteiger partial charge in [0.05, 0.1) is 12.7 Å². The van der Waals surface area contributed by atoms with E-state index in [1.165, 1.54) is 5.56 Å². The van der Waals surface area contributed by atoms with Crippen molar-refractivity contribution < 1.29 is 19.3 Å². The SMILES string of the molecule is CCCC(O)COc1cccc(C(C)(C)c2cccc(OCC3CO3)c2)c1. The van der Waals surface area contributed by atoms with Crippen LogP contribution < -0.4 is 9.47 Å². The average Bonchev–Trinajstić information content (AvgIpc) is 3.50. The second kappa shape index (κ2) is 8.77. The summed E-state index contributed by atoms with van der Waals surface area (Å²) in [5.74, 6) is 1.65. The van der Waals surface area contributed by atoms with Gasteiger partial charge in [-0.3, -0.25) is 0 Å². The van der Waals surface area contributed by atoms with E-state index in [2.05, 4.69) is 45.0 Å². The van der Waals surface area contributed by atoms with E-state index in [0.29, 0.717) is 13.2 Å². The molecule has 2 unspecified atom stereocenters. The zero-order valence-corrected chi connectivity index (χ0v) is 16.5. The quantitative estimate of drug-likeness (QED) is 0.633. The maximum atomic E-state index is 9.89. The molecule has 1 N–H and O–H groups in total. The fraction of sp³-hybridized carbons (Fsp3) is 0.478. The maximum absolute atomic E-state index is 9.89. The van der Waals surface area contributed by atoms with Gasteiger partial charge in [-0.1, -0.05) is 51.5 Å². The van der Waals surface area contributed by atoms with Crippen LogP contribution in [0.5, 0.6) is 11.5 Å². The van der Waals surface area contributed by atoms with Gasteiger partial charge in [-0.2, -0.15) is 0 Å². The summed E-state index contributed by atoms with van der Waals surface area (Å²) in [6, 6.07) is 16.3. The number of rotatable bonds is 10. The van der Waals surface area contributed by atoms with E-state index < -0.39 is 6.10 Å².